The zero-order chi connectivity index (χ0) is 14.8. The smallest absolute Gasteiger partial charge is 0.133 e. The molecule has 0 bridgehead atoms. The Hall–Kier alpha value is -0.660. The van der Waals surface area contributed by atoms with Crippen LogP contribution in [0, 0.1) is 0 Å². The van der Waals surface area contributed by atoms with Gasteiger partial charge in [-0.2, -0.15) is 0 Å². The molecule has 0 radical (unpaired) electrons. The summed E-state index contributed by atoms with van der Waals surface area (Å²) in [7, 11) is 0. The average Bonchev–Trinajstić information content (AvgIpc) is 3.14. The topological polar surface area (TPSA) is 62.3 Å². The van der Waals surface area contributed by atoms with Crippen LogP contribution in [-0.4, -0.2) is 66.3 Å². The molecule has 3 aliphatic heterocycles. The van der Waals surface area contributed by atoms with Crippen molar-refractivity contribution in [2.24, 2.45) is 0 Å². The number of anilines is 1. The minimum atomic E-state index is 0. The van der Waals surface area contributed by atoms with Crippen LogP contribution in [0.25, 0.3) is 0 Å². The Bertz CT molecular complexity index is 527. The van der Waals surface area contributed by atoms with Gasteiger partial charge < -0.3 is 15.4 Å². The first kappa shape index (κ1) is 19.7. The minimum absolute atomic E-state index is 0. The highest BCUT2D eigenvalue weighted by Gasteiger charge is 2.35. The fraction of sp³-hybridized carbons (Fsp3) is 0.750. The van der Waals surface area contributed by atoms with E-state index < -0.39 is 0 Å². The highest BCUT2D eigenvalue weighted by Crippen LogP contribution is 2.24. The second-order valence-corrected chi connectivity index (χ2v) is 6.50. The first-order valence-corrected chi connectivity index (χ1v) is 8.53. The molecule has 2 N–H and O–H groups in total. The quantitative estimate of drug-likeness (QED) is 0.829. The number of halogens is 2. The van der Waals surface area contributed by atoms with Crippen molar-refractivity contribution in [3.63, 3.8) is 0 Å². The summed E-state index contributed by atoms with van der Waals surface area (Å²) in [5.74, 6) is 1.02. The molecule has 0 amide bonds. The highest BCUT2D eigenvalue weighted by molar-refractivity contribution is 5.85. The van der Waals surface area contributed by atoms with E-state index in [2.05, 4.69) is 25.5 Å². The van der Waals surface area contributed by atoms with Crippen molar-refractivity contribution < 1.29 is 4.74 Å². The third kappa shape index (κ3) is 4.11. The van der Waals surface area contributed by atoms with E-state index in [1.165, 1.54) is 37.2 Å². The van der Waals surface area contributed by atoms with Crippen LogP contribution in [0.1, 0.15) is 24.1 Å². The first-order chi connectivity index (χ1) is 10.9. The van der Waals surface area contributed by atoms with Crippen molar-refractivity contribution in [2.75, 3.05) is 44.7 Å². The molecule has 0 aliphatic carbocycles. The van der Waals surface area contributed by atoms with Crippen LogP contribution in [0.15, 0.2) is 6.33 Å². The molecule has 4 rings (SSSR count). The number of nitrogens with zero attached hydrogens (tertiary/aromatic N) is 3. The third-order valence-corrected chi connectivity index (χ3v) is 5.11. The first-order valence-electron chi connectivity index (χ1n) is 8.53. The van der Waals surface area contributed by atoms with Gasteiger partial charge >= 0.3 is 0 Å². The lowest BCUT2D eigenvalue weighted by molar-refractivity contribution is 0.159. The molecule has 0 aromatic carbocycles. The van der Waals surface area contributed by atoms with E-state index in [0.29, 0.717) is 12.1 Å². The van der Waals surface area contributed by atoms with Gasteiger partial charge in [-0.05, 0) is 38.9 Å². The molecule has 24 heavy (non-hydrogen) atoms. The zero-order valence-electron chi connectivity index (χ0n) is 13.9. The Kier molecular flexibility index (Phi) is 7.50. The lowest BCUT2D eigenvalue weighted by Crippen LogP contribution is -2.45. The van der Waals surface area contributed by atoms with E-state index in [0.717, 1.165) is 45.0 Å². The Morgan fingerprint density at radius 1 is 1.08 bits per heavy atom. The fourth-order valence-corrected chi connectivity index (χ4v) is 3.89. The third-order valence-electron chi connectivity index (χ3n) is 5.11. The van der Waals surface area contributed by atoms with Gasteiger partial charge in [0.25, 0.3) is 0 Å². The summed E-state index contributed by atoms with van der Waals surface area (Å²) < 4.78 is 5.76. The molecule has 1 aromatic heterocycles. The average molecular weight is 376 g/mol. The van der Waals surface area contributed by atoms with Crippen LogP contribution in [0.5, 0.6) is 0 Å². The van der Waals surface area contributed by atoms with Crippen molar-refractivity contribution in [2.45, 2.75) is 37.8 Å². The van der Waals surface area contributed by atoms with E-state index >= 15 is 0 Å². The lowest BCUT2D eigenvalue weighted by Gasteiger charge is -2.28. The van der Waals surface area contributed by atoms with Crippen molar-refractivity contribution in [3.05, 3.63) is 17.6 Å². The Morgan fingerprint density at radius 3 is 2.71 bits per heavy atom. The van der Waals surface area contributed by atoms with E-state index in [9.17, 15) is 0 Å². The molecule has 8 heteroatoms. The number of nitrogens with one attached hydrogen (secondary N) is 2. The van der Waals surface area contributed by atoms with Gasteiger partial charge in [0.05, 0.1) is 31.0 Å². The predicted octanol–water partition coefficient (Wildman–Crippen LogP) is 1.28. The summed E-state index contributed by atoms with van der Waals surface area (Å²) in [6.07, 6.45) is 6.33. The van der Waals surface area contributed by atoms with Crippen LogP contribution in [0.2, 0.25) is 0 Å². The van der Waals surface area contributed by atoms with Gasteiger partial charge in [0.15, 0.2) is 0 Å². The van der Waals surface area contributed by atoms with Gasteiger partial charge in [-0.15, -0.1) is 24.8 Å². The maximum absolute atomic E-state index is 5.76. The van der Waals surface area contributed by atoms with Gasteiger partial charge in [0, 0.05) is 18.5 Å². The summed E-state index contributed by atoms with van der Waals surface area (Å²) >= 11 is 0. The summed E-state index contributed by atoms with van der Waals surface area (Å²) in [6.45, 7) is 6.04. The normalized spacial score (nSPS) is 26.8. The molecular weight excluding hydrogens is 349 g/mol. The number of likely N-dealkylation sites (tertiary alicyclic amines) is 1. The number of hydrogen-bond acceptors (Lipinski definition) is 6. The largest absolute Gasteiger partial charge is 0.378 e. The summed E-state index contributed by atoms with van der Waals surface area (Å²) in [6, 6.07) is 0.824. The molecule has 2 saturated heterocycles. The van der Waals surface area contributed by atoms with Gasteiger partial charge in [0.1, 0.15) is 12.1 Å². The van der Waals surface area contributed by atoms with Crippen LogP contribution in [0.3, 0.4) is 0 Å². The second kappa shape index (κ2) is 9.15. The fourth-order valence-electron chi connectivity index (χ4n) is 3.89. The van der Waals surface area contributed by atoms with Crippen molar-refractivity contribution in [3.8, 4) is 0 Å². The highest BCUT2D eigenvalue weighted by atomic mass is 35.5. The maximum Gasteiger partial charge on any atom is 0.133 e. The van der Waals surface area contributed by atoms with Crippen LogP contribution in [-0.2, 0) is 17.6 Å². The van der Waals surface area contributed by atoms with Crippen LogP contribution >= 0.6 is 24.8 Å². The SMILES string of the molecule is Cl.Cl.c1nc2c(c(N[C@H]3COC[C@@H]3N3CCCC3)n1)CCNCC2. The summed E-state index contributed by atoms with van der Waals surface area (Å²) in [5, 5.41) is 7.12. The Morgan fingerprint density at radius 2 is 1.88 bits per heavy atom. The van der Waals surface area contributed by atoms with E-state index in [4.69, 9.17) is 4.74 Å². The van der Waals surface area contributed by atoms with Crippen molar-refractivity contribution >= 4 is 30.6 Å². The van der Waals surface area contributed by atoms with E-state index in [1.807, 2.05) is 0 Å². The molecule has 0 unspecified atom stereocenters. The minimum Gasteiger partial charge on any atom is -0.378 e. The molecule has 0 spiro atoms. The van der Waals surface area contributed by atoms with Gasteiger partial charge in [0.2, 0.25) is 0 Å². The van der Waals surface area contributed by atoms with E-state index in [1.54, 1.807) is 6.33 Å². The molecule has 3 aliphatic rings. The molecule has 136 valence electrons. The van der Waals surface area contributed by atoms with E-state index in [-0.39, 0.29) is 24.8 Å². The van der Waals surface area contributed by atoms with Gasteiger partial charge in [-0.25, -0.2) is 9.97 Å². The molecular formula is C16H27Cl2N5O. The second-order valence-electron chi connectivity index (χ2n) is 6.50. The van der Waals surface area contributed by atoms with Gasteiger partial charge in [-0.3, -0.25) is 4.90 Å². The number of ether oxygens (including phenoxy) is 1. The van der Waals surface area contributed by atoms with Gasteiger partial charge in [-0.1, -0.05) is 0 Å². The monoisotopic (exact) mass is 375 g/mol. The predicted molar refractivity (Wildman–Crippen MR) is 99.6 cm³/mol. The summed E-state index contributed by atoms with van der Waals surface area (Å²) in [4.78, 5) is 11.6. The molecule has 4 heterocycles. The molecule has 2 atom stereocenters. The van der Waals surface area contributed by atoms with Crippen molar-refractivity contribution in [1.82, 2.24) is 20.2 Å². The van der Waals surface area contributed by atoms with Crippen molar-refractivity contribution in [1.29, 1.82) is 0 Å². The number of rotatable bonds is 3. The summed E-state index contributed by atoms with van der Waals surface area (Å²) in [5.41, 5.74) is 2.48. The number of aromatic nitrogens is 2. The molecule has 6 nitrogen and oxygen atoms in total. The number of hydrogen-bond donors (Lipinski definition) is 2. The van der Waals surface area contributed by atoms with Crippen LogP contribution < -0.4 is 10.6 Å². The lowest BCUT2D eigenvalue weighted by atomic mass is 10.1. The Labute approximate surface area is 156 Å². The zero-order valence-corrected chi connectivity index (χ0v) is 15.5. The molecule has 0 saturated carbocycles. The number of fused-ring (bicyclic) bond motifs is 1. The maximum atomic E-state index is 5.76. The Balaban J connectivity index is 0.00000104. The molecule has 2 fully saturated rings. The van der Waals surface area contributed by atoms with Crippen LogP contribution in [0.4, 0.5) is 5.82 Å². The molecule has 1 aromatic rings. The standard InChI is InChI=1S/C16H25N5O.2ClH/c1-2-8-21(7-1)15-10-22-9-14(15)20-16-12-3-5-17-6-4-13(12)18-11-19-16;;/h11,14-15,17H,1-10H2,(H,18,19,20);2*1H/t14-,15-;;/m0../s1.